The van der Waals surface area contributed by atoms with Crippen LogP contribution < -0.4 is 20.2 Å². The van der Waals surface area contributed by atoms with Crippen LogP contribution in [0.25, 0.3) is 44.4 Å². The number of rotatable bonds is 10. The second-order valence-electron chi connectivity index (χ2n) is 11.5. The van der Waals surface area contributed by atoms with Crippen LogP contribution in [0.1, 0.15) is 74.6 Å². The molecule has 13 heteroatoms. The van der Waals surface area contributed by atoms with Gasteiger partial charge in [0.2, 0.25) is 0 Å². The summed E-state index contributed by atoms with van der Waals surface area (Å²) in [5.74, 6) is -2.45. The summed E-state index contributed by atoms with van der Waals surface area (Å²) in [6.07, 6.45) is -2.81. The predicted molar refractivity (Wildman–Crippen MR) is 168 cm³/mol. The Morgan fingerprint density at radius 3 is 1.47 bits per heavy atom. The fourth-order valence-corrected chi connectivity index (χ4v) is 6.11. The van der Waals surface area contributed by atoms with Crippen molar-refractivity contribution >= 4 is 56.3 Å². The van der Waals surface area contributed by atoms with Crippen LogP contribution in [0.5, 0.6) is 0 Å². The fourth-order valence-electron chi connectivity index (χ4n) is 6.11. The summed E-state index contributed by atoms with van der Waals surface area (Å²) in [6, 6.07) is 6.71. The largest absolute Gasteiger partial charge is 2.00 e. The average molecular weight is 685 g/mol. The van der Waals surface area contributed by atoms with E-state index in [-0.39, 0.29) is 45.6 Å². The number of aliphatic hydroxyl groups excluding tert-OH is 4. The van der Waals surface area contributed by atoms with Gasteiger partial charge in [-0.25, -0.2) is 9.97 Å². The standard InChI is InChI=1S/C34H38N4O8.Fe/c1-15-19(5-7-31(43)44)25-12-26-20(6-8-32(45)46)16(2)22(36-26)10-27-34(30(42)14-40)18(4)24(38-27)11-28-33(29(41)13-39)17(3)23(37-28)9-21(15)35-25;/h9-12,29-30,39-42H,5-8,13-14H2,1-4H3,(H4,35,36,37,38,43,44,45,46);/q;+2/p-2. The van der Waals surface area contributed by atoms with Gasteiger partial charge in [-0.3, -0.25) is 0 Å². The number of aromatic nitrogens is 4. The minimum absolute atomic E-state index is 0. The summed E-state index contributed by atoms with van der Waals surface area (Å²) in [5.41, 5.74) is 7.97. The molecule has 0 aliphatic carbocycles. The van der Waals surface area contributed by atoms with Gasteiger partial charge in [-0.15, -0.1) is 22.1 Å². The first kappa shape index (κ1) is 35.7. The summed E-state index contributed by atoms with van der Waals surface area (Å²) in [7, 11) is 0. The van der Waals surface area contributed by atoms with Crippen molar-refractivity contribution in [2.45, 2.75) is 65.6 Å². The van der Waals surface area contributed by atoms with E-state index in [2.05, 4.69) is 0 Å². The number of aliphatic hydroxyl groups is 4. The molecule has 4 N–H and O–H groups in total. The Hall–Kier alpha value is -4.10. The number of aryl methyl sites for hydroxylation is 4. The summed E-state index contributed by atoms with van der Waals surface area (Å²) in [6.45, 7) is 5.98. The van der Waals surface area contributed by atoms with Crippen LogP contribution in [-0.4, -0.2) is 67.8 Å². The van der Waals surface area contributed by atoms with Gasteiger partial charge in [-0.2, -0.15) is 0 Å². The van der Waals surface area contributed by atoms with E-state index < -0.39 is 37.4 Å². The van der Waals surface area contributed by atoms with Crippen molar-refractivity contribution in [1.82, 2.24) is 19.9 Å². The Balaban J connectivity index is 0.00000278. The van der Waals surface area contributed by atoms with Crippen molar-refractivity contribution in [3.63, 3.8) is 0 Å². The van der Waals surface area contributed by atoms with Crippen molar-refractivity contribution in [2.24, 2.45) is 0 Å². The molecule has 0 saturated heterocycles. The smallest absolute Gasteiger partial charge is 0.657 e. The maximum Gasteiger partial charge on any atom is 2.00 e. The van der Waals surface area contributed by atoms with Crippen LogP contribution in [-0.2, 0) is 39.5 Å². The maximum atomic E-state index is 11.4. The number of nitrogens with zero attached hydrogens (tertiary/aromatic N) is 4. The predicted octanol–water partition coefficient (Wildman–Crippen LogP) is 0.345. The zero-order chi connectivity index (χ0) is 33.4. The molecule has 47 heavy (non-hydrogen) atoms. The SMILES string of the molecule is CC1=C(C(O)CO)c2cc3nc(cc4[n-]c(cc5[n-]c(cc1n2)c(C)c5CCC(=O)[O-])c(CCC(=O)[O-])c4C)C(C(O)CO)=C3C.[Fe+2].[H+].[H+]. The monoisotopic (exact) mass is 684 g/mol. The topological polar surface area (TPSA) is 215 Å². The minimum atomic E-state index is -1.27. The van der Waals surface area contributed by atoms with Crippen molar-refractivity contribution in [3.05, 3.63) is 69.3 Å². The number of aliphatic carboxylic acids is 2. The van der Waals surface area contributed by atoms with Gasteiger partial charge in [0.05, 0.1) is 36.0 Å². The van der Waals surface area contributed by atoms with Gasteiger partial charge in [0.25, 0.3) is 0 Å². The average Bonchev–Trinajstić information content (AvgIpc) is 3.67. The summed E-state index contributed by atoms with van der Waals surface area (Å²) < 4.78 is 0. The Labute approximate surface area is 284 Å². The van der Waals surface area contributed by atoms with Gasteiger partial charge in [-0.1, -0.05) is 40.5 Å². The number of carbonyl (C=O) groups is 2. The third-order valence-corrected chi connectivity index (χ3v) is 8.65. The fraction of sp³-hybridized carbons (Fsp3) is 0.353. The van der Waals surface area contributed by atoms with E-state index >= 15 is 0 Å². The molecule has 2 atom stereocenters. The number of carbonyl (C=O) groups excluding carboxylic acids is 2. The first-order valence-electron chi connectivity index (χ1n) is 14.9. The van der Waals surface area contributed by atoms with Gasteiger partial charge >= 0.3 is 19.9 Å². The van der Waals surface area contributed by atoms with E-state index in [0.717, 1.165) is 0 Å². The van der Waals surface area contributed by atoms with Crippen LogP contribution in [0.2, 0.25) is 0 Å². The zero-order valence-electron chi connectivity index (χ0n) is 28.3. The molecule has 3 aromatic heterocycles. The molecule has 0 aromatic carbocycles. The molecule has 2 aliphatic heterocycles. The third kappa shape index (κ3) is 6.96. The van der Waals surface area contributed by atoms with E-state index in [0.29, 0.717) is 89.4 Å². The molecule has 0 amide bonds. The molecule has 5 rings (SSSR count). The van der Waals surface area contributed by atoms with Crippen LogP contribution in [0, 0.1) is 13.8 Å². The van der Waals surface area contributed by atoms with Crippen molar-refractivity contribution in [1.29, 1.82) is 0 Å². The minimum Gasteiger partial charge on any atom is -0.657 e. The third-order valence-electron chi connectivity index (χ3n) is 8.65. The number of hydrogen-bond acceptors (Lipinski definition) is 10. The number of carboxylic acids is 2. The van der Waals surface area contributed by atoms with E-state index in [9.17, 15) is 40.2 Å². The van der Waals surface area contributed by atoms with Crippen LogP contribution in [0.15, 0.2) is 24.3 Å². The number of carboxylic acid groups (broad SMARTS) is 2. The van der Waals surface area contributed by atoms with Crippen LogP contribution in [0.3, 0.4) is 0 Å². The van der Waals surface area contributed by atoms with Gasteiger partial charge in [0.15, 0.2) is 0 Å². The number of fused-ring (bicyclic) bond motifs is 8. The first-order valence-corrected chi connectivity index (χ1v) is 14.9. The van der Waals surface area contributed by atoms with E-state index in [1.54, 1.807) is 45.0 Å². The molecule has 3 aromatic rings. The summed E-state index contributed by atoms with van der Waals surface area (Å²) in [5, 5.41) is 64.2. The second kappa shape index (κ2) is 14.3. The first-order chi connectivity index (χ1) is 21.8. The summed E-state index contributed by atoms with van der Waals surface area (Å²) in [4.78, 5) is 42.0. The molecule has 0 fully saturated rings. The molecule has 12 nitrogen and oxygen atoms in total. The zero-order valence-corrected chi connectivity index (χ0v) is 27.4. The van der Waals surface area contributed by atoms with Crippen LogP contribution in [0.4, 0.5) is 0 Å². The van der Waals surface area contributed by atoms with Gasteiger partial charge in [0, 0.05) is 23.1 Å². The molecule has 0 radical (unpaired) electrons. The Morgan fingerprint density at radius 1 is 0.681 bits per heavy atom. The summed E-state index contributed by atoms with van der Waals surface area (Å²) >= 11 is 0. The molecule has 248 valence electrons. The van der Waals surface area contributed by atoms with Crippen molar-refractivity contribution < 1.29 is 60.2 Å². The van der Waals surface area contributed by atoms with Gasteiger partial charge < -0.3 is 50.2 Å². The molecule has 0 spiro atoms. The molecule has 8 bridgehead atoms. The normalized spacial score (nSPS) is 14.3. The van der Waals surface area contributed by atoms with E-state index in [1.807, 2.05) is 6.92 Å². The molecule has 5 heterocycles. The number of allylic oxidation sites excluding steroid dienone is 2. The van der Waals surface area contributed by atoms with E-state index in [4.69, 9.17) is 19.9 Å². The van der Waals surface area contributed by atoms with Crippen LogP contribution >= 0.6 is 0 Å². The second-order valence-corrected chi connectivity index (χ2v) is 11.5. The molecule has 2 unspecified atom stereocenters. The Bertz CT molecular complexity index is 1990. The quantitative estimate of drug-likeness (QED) is 0.213. The van der Waals surface area contributed by atoms with E-state index in [1.165, 1.54) is 0 Å². The molecular formula is C34H36FeN4O8. The molecular weight excluding hydrogens is 648 g/mol. The molecule has 0 saturated carbocycles. The maximum absolute atomic E-state index is 11.4. The Kier molecular flexibility index (Phi) is 10.9. The number of hydrogen-bond donors (Lipinski definition) is 4. The Morgan fingerprint density at radius 2 is 1.06 bits per heavy atom. The molecule has 2 aliphatic rings. The van der Waals surface area contributed by atoms with Crippen molar-refractivity contribution in [3.8, 4) is 0 Å². The van der Waals surface area contributed by atoms with Gasteiger partial charge in [-0.05, 0) is 70.6 Å². The van der Waals surface area contributed by atoms with Crippen molar-refractivity contribution in [2.75, 3.05) is 13.2 Å². The van der Waals surface area contributed by atoms with Gasteiger partial charge in [0.1, 0.15) is 12.2 Å².